The number of aromatic hydroxyl groups is 1. The molecule has 0 radical (unpaired) electrons. The van der Waals surface area contributed by atoms with Crippen LogP contribution in [0.3, 0.4) is 0 Å². The SMILES string of the molecule is CN(c1ccc(-c2cc(F)c(-c3cc[nH]c(=O)c3)cc2O)nn1)C1C[C@]2(C)CCC[C@](C)(C1)C2. The van der Waals surface area contributed by atoms with Crippen molar-refractivity contribution in [2.75, 3.05) is 11.9 Å². The van der Waals surface area contributed by atoms with Crippen molar-refractivity contribution in [2.24, 2.45) is 10.8 Å². The van der Waals surface area contributed by atoms with E-state index >= 15 is 0 Å². The topological polar surface area (TPSA) is 82.1 Å². The molecule has 2 aliphatic rings. The van der Waals surface area contributed by atoms with Crippen molar-refractivity contribution in [3.8, 4) is 28.1 Å². The number of nitrogens with one attached hydrogen (secondary N) is 1. The van der Waals surface area contributed by atoms with Crippen LogP contribution in [0.1, 0.15) is 52.4 Å². The number of benzene rings is 1. The Morgan fingerprint density at radius 2 is 1.79 bits per heavy atom. The number of hydrogen-bond acceptors (Lipinski definition) is 5. The quantitative estimate of drug-likeness (QED) is 0.533. The molecule has 5 rings (SSSR count). The Morgan fingerprint density at radius 3 is 2.44 bits per heavy atom. The second-order valence-electron chi connectivity index (χ2n) is 10.9. The fraction of sp³-hybridized carbons (Fsp3) is 0.444. The van der Waals surface area contributed by atoms with E-state index in [1.165, 1.54) is 50.1 Å². The molecule has 2 aliphatic carbocycles. The number of nitrogens with zero attached hydrogens (tertiary/aromatic N) is 3. The number of phenols is 1. The first-order chi connectivity index (χ1) is 16.1. The highest BCUT2D eigenvalue weighted by atomic mass is 19.1. The Labute approximate surface area is 198 Å². The van der Waals surface area contributed by atoms with E-state index < -0.39 is 5.82 Å². The molecular formula is C27H31FN4O2. The summed E-state index contributed by atoms with van der Waals surface area (Å²) in [6.45, 7) is 4.84. The summed E-state index contributed by atoms with van der Waals surface area (Å²) in [5.41, 5.74) is 1.63. The van der Waals surface area contributed by atoms with Crippen molar-refractivity contribution in [2.45, 2.75) is 58.4 Å². The van der Waals surface area contributed by atoms with Crippen molar-refractivity contribution in [3.63, 3.8) is 0 Å². The van der Waals surface area contributed by atoms with Gasteiger partial charge in [-0.2, -0.15) is 0 Å². The van der Waals surface area contributed by atoms with Gasteiger partial charge in [0, 0.05) is 36.5 Å². The Balaban J connectivity index is 1.39. The summed E-state index contributed by atoms with van der Waals surface area (Å²) in [6, 6.07) is 9.51. The zero-order valence-electron chi connectivity index (χ0n) is 19.9. The maximum Gasteiger partial charge on any atom is 0.248 e. The highest BCUT2D eigenvalue weighted by Gasteiger charge is 2.47. The molecule has 2 aromatic heterocycles. The van der Waals surface area contributed by atoms with Gasteiger partial charge in [-0.05, 0) is 78.8 Å². The van der Waals surface area contributed by atoms with E-state index in [4.69, 9.17) is 0 Å². The van der Waals surface area contributed by atoms with E-state index in [1.807, 2.05) is 6.07 Å². The van der Waals surface area contributed by atoms with E-state index in [0.29, 0.717) is 28.1 Å². The number of pyridine rings is 1. The number of phenolic OH excluding ortho intramolecular Hbond substituents is 1. The molecule has 0 saturated heterocycles. The summed E-state index contributed by atoms with van der Waals surface area (Å²) in [5.74, 6) is 0.116. The van der Waals surface area contributed by atoms with Crippen LogP contribution in [0, 0.1) is 16.6 Å². The zero-order chi connectivity index (χ0) is 24.1. The fourth-order valence-corrected chi connectivity index (χ4v) is 6.43. The highest BCUT2D eigenvalue weighted by Crippen LogP contribution is 2.56. The minimum Gasteiger partial charge on any atom is -0.507 e. The second kappa shape index (κ2) is 8.22. The molecular weight excluding hydrogens is 431 g/mol. The fourth-order valence-electron chi connectivity index (χ4n) is 6.43. The van der Waals surface area contributed by atoms with Crippen LogP contribution in [0.15, 0.2) is 47.4 Å². The molecule has 2 saturated carbocycles. The lowest BCUT2D eigenvalue weighted by molar-refractivity contribution is 0.0141. The van der Waals surface area contributed by atoms with Crippen molar-refractivity contribution in [1.82, 2.24) is 15.2 Å². The standard InChI is InChI=1S/C27H31FN4O2/c1-26-8-4-9-27(2,16-26)15-18(14-26)32(3)24-6-5-22(30-31-24)20-12-21(28)19(13-23(20)33)17-7-10-29-25(34)11-17/h5-7,10-13,18,33H,4,8-9,14-16H2,1-3H3,(H,29,34)/t18?,26-,27+. The minimum absolute atomic E-state index is 0.118. The van der Waals surface area contributed by atoms with Gasteiger partial charge in [0.1, 0.15) is 11.6 Å². The number of rotatable bonds is 4. The van der Waals surface area contributed by atoms with Gasteiger partial charge in [-0.15, -0.1) is 10.2 Å². The zero-order valence-corrected chi connectivity index (χ0v) is 19.9. The number of aromatic amines is 1. The molecule has 6 nitrogen and oxygen atoms in total. The van der Waals surface area contributed by atoms with Crippen molar-refractivity contribution in [1.29, 1.82) is 0 Å². The minimum atomic E-state index is -0.545. The highest BCUT2D eigenvalue weighted by molar-refractivity contribution is 5.74. The number of fused-ring (bicyclic) bond motifs is 2. The molecule has 3 atom stereocenters. The lowest BCUT2D eigenvalue weighted by Gasteiger charge is -2.54. The number of hydrogen-bond donors (Lipinski definition) is 2. The molecule has 2 N–H and O–H groups in total. The van der Waals surface area contributed by atoms with Crippen LogP contribution >= 0.6 is 0 Å². The summed E-state index contributed by atoms with van der Waals surface area (Å²) < 4.78 is 14.9. The summed E-state index contributed by atoms with van der Waals surface area (Å²) in [5, 5.41) is 19.3. The van der Waals surface area contributed by atoms with Gasteiger partial charge < -0.3 is 15.0 Å². The van der Waals surface area contributed by atoms with Gasteiger partial charge >= 0.3 is 0 Å². The first kappa shape index (κ1) is 22.6. The Morgan fingerprint density at radius 1 is 1.06 bits per heavy atom. The van der Waals surface area contributed by atoms with Gasteiger partial charge in [-0.1, -0.05) is 20.3 Å². The monoisotopic (exact) mass is 462 g/mol. The van der Waals surface area contributed by atoms with Gasteiger partial charge in [0.15, 0.2) is 5.82 Å². The summed E-state index contributed by atoms with van der Waals surface area (Å²) in [6.07, 6.45) is 8.94. The van der Waals surface area contributed by atoms with Gasteiger partial charge in [-0.3, -0.25) is 4.79 Å². The molecule has 2 bridgehead atoms. The Hall–Kier alpha value is -3.22. The summed E-state index contributed by atoms with van der Waals surface area (Å²) in [4.78, 5) is 16.3. The molecule has 0 spiro atoms. The maximum atomic E-state index is 14.9. The predicted octanol–water partition coefficient (Wildman–Crippen LogP) is 5.53. The van der Waals surface area contributed by atoms with Gasteiger partial charge in [0.2, 0.25) is 5.56 Å². The molecule has 1 unspecified atom stereocenters. The normalized spacial score (nSPS) is 26.3. The van der Waals surface area contributed by atoms with E-state index in [1.54, 1.807) is 12.1 Å². The summed E-state index contributed by atoms with van der Waals surface area (Å²) in [7, 11) is 2.08. The number of anilines is 1. The van der Waals surface area contributed by atoms with Crippen LogP contribution in [-0.4, -0.2) is 33.4 Å². The van der Waals surface area contributed by atoms with E-state index in [0.717, 1.165) is 18.7 Å². The largest absolute Gasteiger partial charge is 0.507 e. The van der Waals surface area contributed by atoms with Crippen molar-refractivity contribution < 1.29 is 9.50 Å². The average molecular weight is 463 g/mol. The lowest BCUT2D eigenvalue weighted by Crippen LogP contribution is -2.49. The van der Waals surface area contributed by atoms with Gasteiger partial charge in [0.05, 0.1) is 5.69 Å². The van der Waals surface area contributed by atoms with E-state index in [-0.39, 0.29) is 22.4 Å². The van der Waals surface area contributed by atoms with Gasteiger partial charge in [-0.25, -0.2) is 4.39 Å². The smallest absolute Gasteiger partial charge is 0.248 e. The molecule has 178 valence electrons. The molecule has 1 aromatic carbocycles. The molecule has 0 aliphatic heterocycles. The third-order valence-electron chi connectivity index (χ3n) is 7.88. The summed E-state index contributed by atoms with van der Waals surface area (Å²) >= 11 is 0. The first-order valence-corrected chi connectivity index (χ1v) is 11.9. The Bertz CT molecular complexity index is 1260. The molecule has 3 aromatic rings. The molecule has 0 amide bonds. The molecule has 2 heterocycles. The van der Waals surface area contributed by atoms with Crippen LogP contribution in [0.25, 0.3) is 22.4 Å². The average Bonchev–Trinajstić information content (AvgIpc) is 2.78. The van der Waals surface area contributed by atoms with E-state index in [2.05, 4.69) is 41.0 Å². The van der Waals surface area contributed by atoms with Gasteiger partial charge in [0.25, 0.3) is 0 Å². The third kappa shape index (κ3) is 4.19. The lowest BCUT2D eigenvalue weighted by atomic mass is 9.55. The van der Waals surface area contributed by atoms with Crippen molar-refractivity contribution >= 4 is 5.82 Å². The maximum absolute atomic E-state index is 14.9. The van der Waals surface area contributed by atoms with Crippen LogP contribution in [0.2, 0.25) is 0 Å². The van der Waals surface area contributed by atoms with Crippen LogP contribution in [0.5, 0.6) is 5.75 Å². The van der Waals surface area contributed by atoms with Crippen LogP contribution < -0.4 is 10.5 Å². The number of H-pyrrole nitrogens is 1. The predicted molar refractivity (Wildman–Crippen MR) is 131 cm³/mol. The van der Waals surface area contributed by atoms with E-state index in [9.17, 15) is 14.3 Å². The second-order valence-corrected chi connectivity index (χ2v) is 10.9. The first-order valence-electron chi connectivity index (χ1n) is 11.9. The van der Waals surface area contributed by atoms with Crippen LogP contribution in [-0.2, 0) is 0 Å². The molecule has 2 fully saturated rings. The number of aromatic nitrogens is 3. The Kier molecular flexibility index (Phi) is 5.46. The third-order valence-corrected chi connectivity index (χ3v) is 7.88. The molecule has 34 heavy (non-hydrogen) atoms. The van der Waals surface area contributed by atoms with Crippen LogP contribution in [0.4, 0.5) is 10.2 Å². The molecule has 7 heteroatoms. The number of halogens is 1. The van der Waals surface area contributed by atoms with Crippen molar-refractivity contribution in [3.05, 3.63) is 58.8 Å².